The average molecular weight is 406 g/mol. The van der Waals surface area contributed by atoms with E-state index in [1.807, 2.05) is 11.8 Å². The van der Waals surface area contributed by atoms with Gasteiger partial charge in [-0.05, 0) is 38.1 Å². The molecule has 150 valence electrons. The number of piperazine rings is 1. The zero-order valence-corrected chi connectivity index (χ0v) is 17.8. The Morgan fingerprint density at radius 3 is 2.72 bits per heavy atom. The highest BCUT2D eigenvalue weighted by Crippen LogP contribution is 2.37. The van der Waals surface area contributed by atoms with Crippen LogP contribution in [0.5, 0.6) is 0 Å². The van der Waals surface area contributed by atoms with Crippen molar-refractivity contribution in [1.29, 1.82) is 0 Å². The number of hydrogen-bond donors (Lipinski definition) is 1. The molecular weight excluding hydrogens is 378 g/mol. The third kappa shape index (κ3) is 3.79. The fourth-order valence-corrected chi connectivity index (χ4v) is 5.44. The third-order valence-corrected chi connectivity index (χ3v) is 7.10. The van der Waals surface area contributed by atoms with Crippen LogP contribution in [0.25, 0.3) is 0 Å². The Balaban J connectivity index is 1.45. The van der Waals surface area contributed by atoms with Crippen molar-refractivity contribution in [3.8, 4) is 0 Å². The average Bonchev–Trinajstić information content (AvgIpc) is 3.02. The number of rotatable bonds is 2. The maximum Gasteiger partial charge on any atom is 0.138 e. The van der Waals surface area contributed by atoms with Gasteiger partial charge in [0.25, 0.3) is 0 Å². The van der Waals surface area contributed by atoms with Crippen molar-refractivity contribution in [2.24, 2.45) is 9.98 Å². The van der Waals surface area contributed by atoms with E-state index in [1.54, 1.807) is 0 Å². The van der Waals surface area contributed by atoms with Crippen molar-refractivity contribution in [3.05, 3.63) is 60.2 Å². The molecule has 5 rings (SSSR count). The summed E-state index contributed by atoms with van der Waals surface area (Å²) in [5.41, 5.74) is 3.51. The molecule has 3 heterocycles. The Bertz CT molecular complexity index is 941. The summed E-state index contributed by atoms with van der Waals surface area (Å²) in [5, 5.41) is 5.02. The highest BCUT2D eigenvalue weighted by molar-refractivity contribution is 8.14. The van der Waals surface area contributed by atoms with Gasteiger partial charge in [0.15, 0.2) is 0 Å². The second kappa shape index (κ2) is 7.84. The van der Waals surface area contributed by atoms with Crippen molar-refractivity contribution in [1.82, 2.24) is 9.80 Å². The summed E-state index contributed by atoms with van der Waals surface area (Å²) >= 11 is 1.82. The summed E-state index contributed by atoms with van der Waals surface area (Å²) in [5.74, 6) is 1.11. The number of likely N-dealkylation sites (N-methyl/N-ethyl adjacent to an activating group) is 1. The molecule has 2 unspecified atom stereocenters. The predicted molar refractivity (Wildman–Crippen MR) is 124 cm³/mol. The van der Waals surface area contributed by atoms with Crippen LogP contribution in [0.4, 0.5) is 11.4 Å². The molecule has 1 fully saturated rings. The third-order valence-electron chi connectivity index (χ3n) is 6.02. The highest BCUT2D eigenvalue weighted by Gasteiger charge is 2.39. The Kier molecular flexibility index (Phi) is 5.06. The highest BCUT2D eigenvalue weighted by atomic mass is 32.2. The van der Waals surface area contributed by atoms with Crippen LogP contribution in [0.15, 0.2) is 64.6 Å². The molecule has 2 aromatic rings. The standard InChI is InChI=1S/C23H27N5S/c1-16-24-21-22(25-19-10-6-7-11-20(19)26-23(21)29-16)28-13-12-27(2)18(15-28)14-17-8-4-3-5-9-17/h3-11,18,21,23,26H,12-15H2,1-2H3/t18-,21?,23?/m0/s1. The maximum absolute atomic E-state index is 5.15. The first-order valence-electron chi connectivity index (χ1n) is 10.3. The summed E-state index contributed by atoms with van der Waals surface area (Å²) in [7, 11) is 2.24. The first kappa shape index (κ1) is 18.7. The van der Waals surface area contributed by atoms with Crippen LogP contribution in [-0.2, 0) is 6.42 Å². The number of nitrogens with zero attached hydrogens (tertiary/aromatic N) is 4. The molecule has 1 saturated heterocycles. The Labute approximate surface area is 176 Å². The quantitative estimate of drug-likeness (QED) is 0.824. The van der Waals surface area contributed by atoms with E-state index >= 15 is 0 Å². The van der Waals surface area contributed by atoms with Crippen LogP contribution >= 0.6 is 11.8 Å². The second-order valence-electron chi connectivity index (χ2n) is 8.03. The van der Waals surface area contributed by atoms with E-state index in [0.717, 1.165) is 48.3 Å². The second-order valence-corrected chi connectivity index (χ2v) is 9.37. The van der Waals surface area contributed by atoms with Gasteiger partial charge in [0.1, 0.15) is 17.3 Å². The first-order chi connectivity index (χ1) is 14.2. The summed E-state index contributed by atoms with van der Waals surface area (Å²) in [6.07, 6.45) is 1.06. The van der Waals surface area contributed by atoms with E-state index < -0.39 is 0 Å². The number of anilines is 1. The molecule has 0 radical (unpaired) electrons. The van der Waals surface area contributed by atoms with E-state index in [0.29, 0.717) is 6.04 Å². The summed E-state index contributed by atoms with van der Waals surface area (Å²) in [4.78, 5) is 15.1. The molecule has 3 aliphatic rings. The number of thioether (sulfide) groups is 1. The van der Waals surface area contributed by atoms with Crippen LogP contribution in [0.1, 0.15) is 12.5 Å². The van der Waals surface area contributed by atoms with Gasteiger partial charge in [-0.15, -0.1) is 0 Å². The largest absolute Gasteiger partial charge is 0.369 e. The van der Waals surface area contributed by atoms with Gasteiger partial charge in [-0.1, -0.05) is 54.2 Å². The Hall–Kier alpha value is -2.31. The molecule has 3 atom stereocenters. The molecule has 5 nitrogen and oxygen atoms in total. The molecule has 6 heteroatoms. The van der Waals surface area contributed by atoms with Crippen LogP contribution in [0, 0.1) is 0 Å². The van der Waals surface area contributed by atoms with E-state index in [4.69, 9.17) is 9.98 Å². The van der Waals surface area contributed by atoms with Gasteiger partial charge in [-0.25, -0.2) is 4.99 Å². The van der Waals surface area contributed by atoms with E-state index in [2.05, 4.69) is 83.7 Å². The zero-order valence-electron chi connectivity index (χ0n) is 17.0. The minimum Gasteiger partial charge on any atom is -0.369 e. The van der Waals surface area contributed by atoms with Gasteiger partial charge in [-0.3, -0.25) is 9.89 Å². The van der Waals surface area contributed by atoms with E-state index in [9.17, 15) is 0 Å². The fraction of sp³-hybridized carbons (Fsp3) is 0.391. The van der Waals surface area contributed by atoms with Crippen molar-refractivity contribution < 1.29 is 0 Å². The predicted octanol–water partition coefficient (Wildman–Crippen LogP) is 3.86. The first-order valence-corrected chi connectivity index (χ1v) is 11.2. The molecule has 29 heavy (non-hydrogen) atoms. The monoisotopic (exact) mass is 405 g/mol. The molecule has 3 aliphatic heterocycles. The van der Waals surface area contributed by atoms with Crippen molar-refractivity contribution in [3.63, 3.8) is 0 Å². The fourth-order valence-electron chi connectivity index (χ4n) is 4.40. The van der Waals surface area contributed by atoms with Gasteiger partial charge in [0.2, 0.25) is 0 Å². The number of hydrogen-bond acceptors (Lipinski definition) is 6. The Morgan fingerprint density at radius 2 is 1.86 bits per heavy atom. The molecule has 0 saturated carbocycles. The molecule has 1 N–H and O–H groups in total. The summed E-state index contributed by atoms with van der Waals surface area (Å²) in [6.45, 7) is 5.12. The van der Waals surface area contributed by atoms with Crippen molar-refractivity contribution in [2.45, 2.75) is 30.8 Å². The van der Waals surface area contributed by atoms with E-state index in [-0.39, 0.29) is 11.4 Å². The van der Waals surface area contributed by atoms with Crippen molar-refractivity contribution >= 4 is 34.0 Å². The molecule has 2 aromatic carbocycles. The summed E-state index contributed by atoms with van der Waals surface area (Å²) < 4.78 is 0. The number of para-hydroxylation sites is 2. The van der Waals surface area contributed by atoms with Gasteiger partial charge in [0, 0.05) is 25.7 Å². The molecule has 0 aromatic heterocycles. The smallest absolute Gasteiger partial charge is 0.138 e. The number of benzene rings is 2. The van der Waals surface area contributed by atoms with Crippen LogP contribution in [-0.4, -0.2) is 64.8 Å². The SMILES string of the molecule is CC1=NC2C(N3CCN(C)[C@@H](Cc4ccccc4)C3)=Nc3ccccc3NC2S1. The van der Waals surface area contributed by atoms with Gasteiger partial charge in [0.05, 0.1) is 16.4 Å². The number of fused-ring (bicyclic) bond motifs is 2. The minimum atomic E-state index is 0.0631. The topological polar surface area (TPSA) is 43.2 Å². The van der Waals surface area contributed by atoms with Crippen LogP contribution < -0.4 is 5.32 Å². The van der Waals surface area contributed by atoms with Gasteiger partial charge >= 0.3 is 0 Å². The molecule has 0 spiro atoms. The van der Waals surface area contributed by atoms with Crippen LogP contribution in [0.3, 0.4) is 0 Å². The molecule has 0 aliphatic carbocycles. The van der Waals surface area contributed by atoms with Crippen molar-refractivity contribution in [2.75, 3.05) is 32.0 Å². The lowest BCUT2D eigenvalue weighted by Gasteiger charge is -2.42. The maximum atomic E-state index is 5.15. The number of aliphatic imine (C=N–C) groups is 2. The molecular formula is C23H27N5S. The molecule has 0 bridgehead atoms. The number of nitrogens with one attached hydrogen (secondary N) is 1. The lowest BCUT2D eigenvalue weighted by molar-refractivity contribution is 0.138. The Morgan fingerprint density at radius 1 is 1.07 bits per heavy atom. The van der Waals surface area contributed by atoms with E-state index in [1.165, 1.54) is 5.56 Å². The lowest BCUT2D eigenvalue weighted by atomic mass is 10.0. The van der Waals surface area contributed by atoms with Gasteiger partial charge in [-0.2, -0.15) is 0 Å². The zero-order chi connectivity index (χ0) is 19.8. The molecule has 0 amide bonds. The minimum absolute atomic E-state index is 0.0631. The lowest BCUT2D eigenvalue weighted by Crippen LogP contribution is -2.56. The number of amidine groups is 1. The van der Waals surface area contributed by atoms with Crippen LogP contribution in [0.2, 0.25) is 0 Å². The van der Waals surface area contributed by atoms with Gasteiger partial charge < -0.3 is 10.2 Å². The summed E-state index contributed by atoms with van der Waals surface area (Å²) in [6, 6.07) is 19.7. The normalized spacial score (nSPS) is 26.7.